The molecule has 0 saturated heterocycles. The molecule has 0 aliphatic rings. The predicted octanol–water partition coefficient (Wildman–Crippen LogP) is 3.91. The van der Waals surface area contributed by atoms with Gasteiger partial charge in [0.2, 0.25) is 0 Å². The molecule has 1 aromatic heterocycles. The zero-order valence-corrected chi connectivity index (χ0v) is 12.8. The van der Waals surface area contributed by atoms with Crippen molar-refractivity contribution >= 4 is 40.4 Å². The Kier molecular flexibility index (Phi) is 5.43. The number of carbonyl (C=O) groups is 1. The number of rotatable bonds is 5. The van der Waals surface area contributed by atoms with Gasteiger partial charge in [0.25, 0.3) is 5.91 Å². The highest BCUT2D eigenvalue weighted by Gasteiger charge is 2.12. The highest BCUT2D eigenvalue weighted by Crippen LogP contribution is 2.21. The fourth-order valence-corrected chi connectivity index (χ4v) is 2.80. The first-order valence-corrected chi connectivity index (χ1v) is 7.71. The van der Waals surface area contributed by atoms with Crippen LogP contribution in [0.25, 0.3) is 0 Å². The third-order valence-corrected chi connectivity index (χ3v) is 4.07. The molecule has 1 aromatic carbocycles. The molecule has 0 spiro atoms. The van der Waals surface area contributed by atoms with E-state index < -0.39 is 6.10 Å². The molecule has 0 saturated carbocycles. The summed E-state index contributed by atoms with van der Waals surface area (Å²) in [5.74, 6) is -0.296. The van der Waals surface area contributed by atoms with E-state index in [1.807, 2.05) is 16.8 Å². The molecule has 0 aliphatic carbocycles. The van der Waals surface area contributed by atoms with E-state index in [2.05, 4.69) is 5.32 Å². The van der Waals surface area contributed by atoms with Gasteiger partial charge in [-0.05, 0) is 47.0 Å². The van der Waals surface area contributed by atoms with Gasteiger partial charge in [-0.2, -0.15) is 11.3 Å². The zero-order valence-electron chi connectivity index (χ0n) is 10.5. The Morgan fingerprint density at radius 1 is 1.35 bits per heavy atom. The van der Waals surface area contributed by atoms with Gasteiger partial charge in [-0.15, -0.1) is 0 Å². The molecule has 106 valence electrons. The molecule has 2 aromatic rings. The molecule has 1 unspecified atom stereocenters. The molecule has 1 heterocycles. The van der Waals surface area contributed by atoms with E-state index in [0.717, 1.165) is 5.56 Å². The van der Waals surface area contributed by atoms with Gasteiger partial charge in [-0.25, -0.2) is 0 Å². The molecule has 0 aliphatic heterocycles. The first-order chi connectivity index (χ1) is 9.58. The fraction of sp³-hybridized carbons (Fsp3) is 0.214. The maximum atomic E-state index is 12.0. The van der Waals surface area contributed by atoms with Crippen LogP contribution in [-0.4, -0.2) is 17.6 Å². The van der Waals surface area contributed by atoms with Crippen molar-refractivity contribution in [2.75, 3.05) is 6.54 Å². The van der Waals surface area contributed by atoms with Gasteiger partial charge in [0.15, 0.2) is 0 Å². The molecule has 2 rings (SSSR count). The van der Waals surface area contributed by atoms with E-state index in [1.54, 1.807) is 12.1 Å². The second-order valence-electron chi connectivity index (χ2n) is 4.24. The van der Waals surface area contributed by atoms with Crippen molar-refractivity contribution in [2.24, 2.45) is 0 Å². The lowest BCUT2D eigenvalue weighted by atomic mass is 10.1. The van der Waals surface area contributed by atoms with Gasteiger partial charge in [0.05, 0.1) is 16.7 Å². The lowest BCUT2D eigenvalue weighted by molar-refractivity contribution is 0.0943. The largest absolute Gasteiger partial charge is 0.388 e. The van der Waals surface area contributed by atoms with E-state index in [1.165, 1.54) is 17.4 Å². The number of hydrogen-bond acceptors (Lipinski definition) is 3. The van der Waals surface area contributed by atoms with Gasteiger partial charge >= 0.3 is 0 Å². The monoisotopic (exact) mass is 329 g/mol. The topological polar surface area (TPSA) is 49.3 Å². The van der Waals surface area contributed by atoms with Crippen LogP contribution >= 0.6 is 34.5 Å². The fourth-order valence-electron chi connectivity index (χ4n) is 1.72. The molecule has 0 bridgehead atoms. The second kappa shape index (κ2) is 7.09. The molecule has 6 heteroatoms. The first-order valence-electron chi connectivity index (χ1n) is 6.01. The van der Waals surface area contributed by atoms with E-state index in [9.17, 15) is 9.90 Å². The quantitative estimate of drug-likeness (QED) is 0.873. The number of benzene rings is 1. The third-order valence-electron chi connectivity index (χ3n) is 2.80. The Labute approximate surface area is 131 Å². The van der Waals surface area contributed by atoms with Gasteiger partial charge < -0.3 is 10.4 Å². The minimum Gasteiger partial charge on any atom is -0.388 e. The summed E-state index contributed by atoms with van der Waals surface area (Å²) in [4.78, 5) is 12.0. The van der Waals surface area contributed by atoms with Crippen LogP contribution in [-0.2, 0) is 0 Å². The molecule has 0 fully saturated rings. The average molecular weight is 330 g/mol. The predicted molar refractivity (Wildman–Crippen MR) is 82.7 cm³/mol. The third kappa shape index (κ3) is 3.96. The van der Waals surface area contributed by atoms with Crippen molar-refractivity contribution in [2.45, 2.75) is 12.5 Å². The number of aliphatic hydroxyl groups is 1. The number of thiophene rings is 1. The number of nitrogens with one attached hydrogen (secondary N) is 1. The molecule has 1 amide bonds. The highest BCUT2D eigenvalue weighted by molar-refractivity contribution is 7.07. The molecule has 20 heavy (non-hydrogen) atoms. The number of carbonyl (C=O) groups excluding carboxylic acids is 1. The summed E-state index contributed by atoms with van der Waals surface area (Å²) in [5.41, 5.74) is 1.20. The number of aliphatic hydroxyl groups excluding tert-OH is 1. The zero-order chi connectivity index (χ0) is 14.5. The highest BCUT2D eigenvalue weighted by atomic mass is 35.5. The summed E-state index contributed by atoms with van der Waals surface area (Å²) in [7, 11) is 0. The number of halogens is 2. The van der Waals surface area contributed by atoms with Crippen molar-refractivity contribution < 1.29 is 9.90 Å². The minimum absolute atomic E-state index is 0.296. The van der Waals surface area contributed by atoms with Crippen LogP contribution in [0, 0.1) is 0 Å². The van der Waals surface area contributed by atoms with E-state index in [-0.39, 0.29) is 5.91 Å². The lowest BCUT2D eigenvalue weighted by Crippen LogP contribution is -2.25. The minimum atomic E-state index is -0.573. The maximum absolute atomic E-state index is 12.0. The van der Waals surface area contributed by atoms with Gasteiger partial charge in [-0.3, -0.25) is 4.79 Å². The van der Waals surface area contributed by atoms with Crippen molar-refractivity contribution in [1.82, 2.24) is 5.32 Å². The van der Waals surface area contributed by atoms with Crippen molar-refractivity contribution in [3.63, 3.8) is 0 Å². The summed E-state index contributed by atoms with van der Waals surface area (Å²) >= 11 is 13.3. The normalized spacial score (nSPS) is 12.2. The molecule has 3 nitrogen and oxygen atoms in total. The van der Waals surface area contributed by atoms with Crippen LogP contribution in [0.1, 0.15) is 28.4 Å². The van der Waals surface area contributed by atoms with Crippen molar-refractivity contribution in [1.29, 1.82) is 0 Å². The van der Waals surface area contributed by atoms with E-state index >= 15 is 0 Å². The van der Waals surface area contributed by atoms with E-state index in [0.29, 0.717) is 28.6 Å². The summed E-state index contributed by atoms with van der Waals surface area (Å²) in [6, 6.07) is 6.60. The molecule has 1 atom stereocenters. The van der Waals surface area contributed by atoms with Crippen LogP contribution in [0.2, 0.25) is 10.0 Å². The Hall–Kier alpha value is -1.07. The first kappa shape index (κ1) is 15.3. The van der Waals surface area contributed by atoms with Gasteiger partial charge in [-0.1, -0.05) is 23.2 Å². The molecule has 2 N–H and O–H groups in total. The van der Waals surface area contributed by atoms with Crippen LogP contribution in [0.5, 0.6) is 0 Å². The van der Waals surface area contributed by atoms with E-state index in [4.69, 9.17) is 23.2 Å². The lowest BCUT2D eigenvalue weighted by Gasteiger charge is -2.10. The summed E-state index contributed by atoms with van der Waals surface area (Å²) in [6.45, 7) is 0.360. The summed E-state index contributed by atoms with van der Waals surface area (Å²) in [6.07, 6.45) is -0.128. The number of hydrogen-bond donors (Lipinski definition) is 2. The van der Waals surface area contributed by atoms with Crippen LogP contribution in [0.15, 0.2) is 35.0 Å². The van der Waals surface area contributed by atoms with Crippen LogP contribution in [0.3, 0.4) is 0 Å². The standard InChI is InChI=1S/C14H13Cl2NO2S/c15-10-1-2-12(16)11(7-10)14(19)17-5-3-13(18)9-4-6-20-8-9/h1-2,4,6-8,13,18H,3,5H2,(H,17,19). The molecular weight excluding hydrogens is 317 g/mol. The van der Waals surface area contributed by atoms with Crippen LogP contribution in [0.4, 0.5) is 0 Å². The van der Waals surface area contributed by atoms with Crippen molar-refractivity contribution in [3.8, 4) is 0 Å². The maximum Gasteiger partial charge on any atom is 0.252 e. The molecule has 0 radical (unpaired) electrons. The Balaban J connectivity index is 1.88. The van der Waals surface area contributed by atoms with Gasteiger partial charge in [0, 0.05) is 11.6 Å². The molecular formula is C14H13Cl2NO2S. The Bertz CT molecular complexity index is 587. The second-order valence-corrected chi connectivity index (χ2v) is 5.86. The summed E-state index contributed by atoms with van der Waals surface area (Å²) in [5, 5.41) is 17.2. The van der Waals surface area contributed by atoms with Crippen LogP contribution < -0.4 is 5.32 Å². The summed E-state index contributed by atoms with van der Waals surface area (Å²) < 4.78 is 0. The SMILES string of the molecule is O=C(NCCC(O)c1ccsc1)c1cc(Cl)ccc1Cl. The smallest absolute Gasteiger partial charge is 0.252 e. The Morgan fingerprint density at radius 2 is 2.15 bits per heavy atom. The average Bonchev–Trinajstić information content (AvgIpc) is 2.95. The van der Waals surface area contributed by atoms with Gasteiger partial charge in [0.1, 0.15) is 0 Å². The van der Waals surface area contributed by atoms with Crippen molar-refractivity contribution in [3.05, 3.63) is 56.2 Å². The Morgan fingerprint density at radius 3 is 2.85 bits per heavy atom. The number of amides is 1.